The van der Waals surface area contributed by atoms with E-state index in [2.05, 4.69) is 31.1 Å². The molecule has 0 amide bonds. The number of fused-ring (bicyclic) bond motifs is 2. The van der Waals surface area contributed by atoms with Crippen LogP contribution in [0.1, 0.15) is 20.8 Å². The van der Waals surface area contributed by atoms with Gasteiger partial charge in [0.05, 0.1) is 31.3 Å². The molecule has 20 heavy (non-hydrogen) atoms. The van der Waals surface area contributed by atoms with Crippen LogP contribution in [0.25, 0.3) is 11.6 Å². The van der Waals surface area contributed by atoms with E-state index in [-0.39, 0.29) is 5.41 Å². The van der Waals surface area contributed by atoms with Gasteiger partial charge in [0.1, 0.15) is 5.76 Å². The predicted octanol–water partition coefficient (Wildman–Crippen LogP) is 0.705. The minimum Gasteiger partial charge on any atom is -0.496 e. The molecule has 0 spiro atoms. The number of aliphatic hydroxyl groups excluding tert-OH is 1. The van der Waals surface area contributed by atoms with Crippen molar-refractivity contribution < 1.29 is 9.84 Å². The van der Waals surface area contributed by atoms with Crippen molar-refractivity contribution in [3.63, 3.8) is 0 Å². The van der Waals surface area contributed by atoms with Gasteiger partial charge in [0.15, 0.2) is 0 Å². The summed E-state index contributed by atoms with van der Waals surface area (Å²) in [5.41, 5.74) is 2.34. The van der Waals surface area contributed by atoms with E-state index >= 15 is 0 Å². The Kier molecular flexibility index (Phi) is 2.87. The number of aromatic nitrogens is 2. The molecule has 0 saturated carbocycles. The number of nitrogens with zero attached hydrogens (tertiary/aromatic N) is 2. The topological polar surface area (TPSA) is 47.3 Å². The molecule has 1 N–H and O–H groups in total. The molecule has 0 bridgehead atoms. The van der Waals surface area contributed by atoms with Crippen LogP contribution in [0.4, 0.5) is 0 Å². The second kappa shape index (κ2) is 4.35. The second-order valence-corrected chi connectivity index (χ2v) is 6.03. The van der Waals surface area contributed by atoms with Crippen LogP contribution in [0.3, 0.4) is 0 Å². The lowest BCUT2D eigenvalue weighted by molar-refractivity contribution is 0.167. The molecule has 0 aliphatic heterocycles. The maximum atomic E-state index is 9.58. The second-order valence-electron chi connectivity index (χ2n) is 6.03. The zero-order valence-electron chi connectivity index (χ0n) is 12.3. The highest BCUT2D eigenvalue weighted by atomic mass is 16.5. The molecule has 1 atom stereocenters. The highest BCUT2D eigenvalue weighted by Crippen LogP contribution is 2.41. The van der Waals surface area contributed by atoms with Gasteiger partial charge in [0.2, 0.25) is 0 Å². The fourth-order valence-corrected chi connectivity index (χ4v) is 3.01. The molecule has 106 valence electrons. The molecule has 2 aliphatic carbocycles. The quantitative estimate of drug-likeness (QED) is 0.881. The zero-order chi connectivity index (χ0) is 14.5. The molecule has 0 radical (unpaired) electrons. The van der Waals surface area contributed by atoms with Gasteiger partial charge in [-0.05, 0) is 24.6 Å². The van der Waals surface area contributed by atoms with Crippen LogP contribution < -0.4 is 10.6 Å². The minimum absolute atomic E-state index is 0.0438. The van der Waals surface area contributed by atoms with Crippen molar-refractivity contribution >= 4 is 11.6 Å². The van der Waals surface area contributed by atoms with E-state index in [4.69, 9.17) is 4.74 Å². The predicted molar refractivity (Wildman–Crippen MR) is 78.0 cm³/mol. The Labute approximate surface area is 118 Å². The number of allylic oxidation sites excluding steroid dienone is 3. The molecule has 0 aromatic carbocycles. The summed E-state index contributed by atoms with van der Waals surface area (Å²) in [4.78, 5) is 0. The van der Waals surface area contributed by atoms with Crippen LogP contribution in [0.15, 0.2) is 29.7 Å². The van der Waals surface area contributed by atoms with E-state index in [1.54, 1.807) is 14.0 Å². The average Bonchev–Trinajstić information content (AvgIpc) is 2.90. The van der Waals surface area contributed by atoms with Crippen molar-refractivity contribution in [3.05, 3.63) is 40.2 Å². The third-order valence-corrected chi connectivity index (χ3v) is 3.92. The van der Waals surface area contributed by atoms with Crippen LogP contribution in [-0.2, 0) is 11.3 Å². The molecule has 0 fully saturated rings. The van der Waals surface area contributed by atoms with Gasteiger partial charge in [-0.1, -0.05) is 19.9 Å². The number of aliphatic hydroxyl groups is 1. The first-order valence-electron chi connectivity index (χ1n) is 6.88. The lowest BCUT2D eigenvalue weighted by atomic mass is 9.77. The molecule has 3 rings (SSSR count). The molecule has 4 nitrogen and oxygen atoms in total. The van der Waals surface area contributed by atoms with E-state index in [1.165, 1.54) is 5.57 Å². The monoisotopic (exact) mass is 272 g/mol. The third kappa shape index (κ3) is 1.83. The summed E-state index contributed by atoms with van der Waals surface area (Å²) in [6.07, 6.45) is 7.80. The van der Waals surface area contributed by atoms with Gasteiger partial charge < -0.3 is 9.84 Å². The summed E-state index contributed by atoms with van der Waals surface area (Å²) in [6, 6.07) is 0. The van der Waals surface area contributed by atoms with Gasteiger partial charge in [0.25, 0.3) is 0 Å². The summed E-state index contributed by atoms with van der Waals surface area (Å²) >= 11 is 0. The van der Waals surface area contributed by atoms with Crippen molar-refractivity contribution in [3.8, 4) is 0 Å². The summed E-state index contributed by atoms with van der Waals surface area (Å²) in [6.45, 7) is 6.66. The summed E-state index contributed by atoms with van der Waals surface area (Å²) < 4.78 is 7.34. The Morgan fingerprint density at radius 3 is 2.85 bits per heavy atom. The van der Waals surface area contributed by atoms with E-state index < -0.39 is 6.10 Å². The summed E-state index contributed by atoms with van der Waals surface area (Å²) in [5.74, 6) is 0.888. The van der Waals surface area contributed by atoms with Crippen LogP contribution in [0, 0.1) is 5.41 Å². The highest BCUT2D eigenvalue weighted by molar-refractivity contribution is 5.87. The Bertz CT molecular complexity index is 733. The van der Waals surface area contributed by atoms with Crippen molar-refractivity contribution in [1.29, 1.82) is 0 Å². The van der Waals surface area contributed by atoms with Gasteiger partial charge in [0, 0.05) is 16.2 Å². The lowest BCUT2D eigenvalue weighted by Crippen LogP contribution is -2.32. The molecule has 1 aromatic heterocycles. The summed E-state index contributed by atoms with van der Waals surface area (Å²) in [7, 11) is 1.70. The maximum absolute atomic E-state index is 9.58. The fourth-order valence-electron chi connectivity index (χ4n) is 3.01. The van der Waals surface area contributed by atoms with Gasteiger partial charge in [-0.25, -0.2) is 0 Å². The van der Waals surface area contributed by atoms with Crippen LogP contribution in [0.5, 0.6) is 0 Å². The smallest absolute Gasteiger partial charge is 0.126 e. The first-order chi connectivity index (χ1) is 9.44. The zero-order valence-corrected chi connectivity index (χ0v) is 12.3. The fraction of sp³-hybridized carbons (Fsp3) is 0.438. The van der Waals surface area contributed by atoms with Crippen LogP contribution in [-0.4, -0.2) is 28.1 Å². The molecular weight excluding hydrogens is 252 g/mol. The Balaban J connectivity index is 2.27. The van der Waals surface area contributed by atoms with Crippen molar-refractivity contribution in [2.45, 2.75) is 33.4 Å². The third-order valence-electron chi connectivity index (χ3n) is 3.92. The van der Waals surface area contributed by atoms with Crippen LogP contribution >= 0.6 is 0 Å². The van der Waals surface area contributed by atoms with Gasteiger partial charge in [-0.3, -0.25) is 4.68 Å². The largest absolute Gasteiger partial charge is 0.496 e. The molecule has 1 heterocycles. The SMILES string of the molecule is COC1=C2C=c3c(cnn3CC(C)O)=C2C(C)(C)C=C1. The van der Waals surface area contributed by atoms with Crippen molar-refractivity contribution in [1.82, 2.24) is 9.78 Å². The Hall–Kier alpha value is -1.81. The number of rotatable bonds is 3. The van der Waals surface area contributed by atoms with Crippen molar-refractivity contribution in [2.75, 3.05) is 7.11 Å². The number of ether oxygens (including phenoxy) is 1. The van der Waals surface area contributed by atoms with Gasteiger partial charge >= 0.3 is 0 Å². The maximum Gasteiger partial charge on any atom is 0.126 e. The van der Waals surface area contributed by atoms with E-state index in [1.807, 2.05) is 17.0 Å². The molecule has 2 aliphatic rings. The molecule has 4 heteroatoms. The lowest BCUT2D eigenvalue weighted by Gasteiger charge is -2.28. The van der Waals surface area contributed by atoms with Crippen molar-refractivity contribution in [2.24, 2.45) is 5.41 Å². The average molecular weight is 272 g/mol. The number of hydrogen-bond donors (Lipinski definition) is 1. The molecular formula is C16H20N2O2. The minimum atomic E-state index is -0.415. The van der Waals surface area contributed by atoms with E-state index in [0.29, 0.717) is 6.54 Å². The summed E-state index contributed by atoms with van der Waals surface area (Å²) in [5, 5.41) is 16.2. The van der Waals surface area contributed by atoms with E-state index in [9.17, 15) is 5.11 Å². The van der Waals surface area contributed by atoms with Crippen LogP contribution in [0.2, 0.25) is 0 Å². The Morgan fingerprint density at radius 2 is 2.20 bits per heavy atom. The molecule has 0 saturated heterocycles. The standard InChI is InChI=1S/C16H20N2O2/c1-10(19)9-18-13-7-11-14(20-4)5-6-16(2,3)15(11)12(13)8-17-18/h5-8,10,19H,9H2,1-4H3. The normalized spacial score (nSPS) is 20.6. The number of hydrogen-bond acceptors (Lipinski definition) is 3. The molecule has 1 unspecified atom stereocenters. The van der Waals surface area contributed by atoms with E-state index in [0.717, 1.165) is 21.9 Å². The molecule has 1 aromatic rings. The van der Waals surface area contributed by atoms with Gasteiger partial charge in [-0.15, -0.1) is 0 Å². The number of methoxy groups -OCH3 is 1. The highest BCUT2D eigenvalue weighted by Gasteiger charge is 2.32. The first-order valence-corrected chi connectivity index (χ1v) is 6.88. The Morgan fingerprint density at radius 1 is 1.45 bits per heavy atom. The van der Waals surface area contributed by atoms with Gasteiger partial charge in [-0.2, -0.15) is 5.10 Å². The first kappa shape index (κ1) is 13.2.